The highest BCUT2D eigenvalue weighted by molar-refractivity contribution is 7.21. The van der Waals surface area contributed by atoms with E-state index in [0.717, 1.165) is 48.3 Å². The summed E-state index contributed by atoms with van der Waals surface area (Å²) >= 11 is 7.21. The maximum absolute atomic E-state index is 11.8. The maximum atomic E-state index is 11.8. The van der Waals surface area contributed by atoms with Crippen molar-refractivity contribution in [2.75, 3.05) is 23.7 Å². The number of benzene rings is 1. The van der Waals surface area contributed by atoms with E-state index in [0.29, 0.717) is 20.4 Å². The number of carbonyl (C=O) groups is 1. The second kappa shape index (κ2) is 8.02. The number of anilines is 2. The lowest BCUT2D eigenvalue weighted by Gasteiger charge is -2.31. The minimum atomic E-state index is -0.538. The van der Waals surface area contributed by atoms with Crippen molar-refractivity contribution in [2.45, 2.75) is 18.9 Å². The summed E-state index contributed by atoms with van der Waals surface area (Å²) in [5.41, 5.74) is 20.1. The summed E-state index contributed by atoms with van der Waals surface area (Å²) in [6, 6.07) is 9.81. The summed E-state index contributed by atoms with van der Waals surface area (Å²) in [5, 5.41) is 1.44. The average Bonchev–Trinajstić information content (AvgIpc) is 3.05. The summed E-state index contributed by atoms with van der Waals surface area (Å²) in [4.78, 5) is 19.9. The van der Waals surface area contributed by atoms with Crippen molar-refractivity contribution in [3.63, 3.8) is 0 Å². The minimum absolute atomic E-state index is 0.234. The Morgan fingerprint density at radius 2 is 1.90 bits per heavy atom. The van der Waals surface area contributed by atoms with E-state index in [2.05, 4.69) is 4.90 Å². The molecule has 0 aliphatic carbocycles. The first-order valence-electron chi connectivity index (χ1n) is 9.39. The van der Waals surface area contributed by atoms with E-state index >= 15 is 0 Å². The molecule has 1 saturated heterocycles. The Kier molecular flexibility index (Phi) is 5.45. The molecule has 6 N–H and O–H groups in total. The number of nitrogens with two attached hydrogens (primary N) is 3. The van der Waals surface area contributed by atoms with E-state index in [1.807, 2.05) is 42.5 Å². The number of thiophene rings is 1. The standard InChI is InChI=1S/C21H22ClN5OS/c22-14-5-2-12(3-6-14)1-4-13-11-16(27-9-7-15(23)8-10-27)26-21-17(13)18(24)19(29-21)20(25)28/h1-6,11,15H,7-10,23-24H2,(H2,25,28)/b4-1+. The number of halogens is 1. The molecular weight excluding hydrogens is 406 g/mol. The van der Waals surface area contributed by atoms with Crippen LogP contribution >= 0.6 is 22.9 Å². The number of hydrogen-bond donors (Lipinski definition) is 3. The van der Waals surface area contributed by atoms with Gasteiger partial charge in [0.1, 0.15) is 15.5 Å². The molecule has 0 bridgehead atoms. The van der Waals surface area contributed by atoms with Crippen LogP contribution in [-0.2, 0) is 0 Å². The van der Waals surface area contributed by atoms with Crippen LogP contribution in [0.2, 0.25) is 5.02 Å². The Labute approximate surface area is 177 Å². The average molecular weight is 428 g/mol. The van der Waals surface area contributed by atoms with E-state index in [4.69, 9.17) is 33.8 Å². The van der Waals surface area contributed by atoms with Gasteiger partial charge in [0.25, 0.3) is 5.91 Å². The van der Waals surface area contributed by atoms with Gasteiger partial charge in [-0.2, -0.15) is 0 Å². The maximum Gasteiger partial charge on any atom is 0.260 e. The fourth-order valence-corrected chi connectivity index (χ4v) is 4.60. The number of aromatic nitrogens is 1. The van der Waals surface area contributed by atoms with Crippen molar-refractivity contribution in [3.05, 3.63) is 51.4 Å². The highest BCUT2D eigenvalue weighted by atomic mass is 35.5. The van der Waals surface area contributed by atoms with Gasteiger partial charge in [0.05, 0.1) is 5.69 Å². The molecule has 6 nitrogen and oxygen atoms in total. The van der Waals surface area contributed by atoms with Crippen molar-refractivity contribution in [1.29, 1.82) is 0 Å². The molecule has 29 heavy (non-hydrogen) atoms. The molecule has 4 rings (SSSR count). The molecule has 1 aliphatic heterocycles. The Bertz CT molecular complexity index is 1080. The second-order valence-electron chi connectivity index (χ2n) is 7.17. The third-order valence-electron chi connectivity index (χ3n) is 5.13. The molecule has 0 spiro atoms. The van der Waals surface area contributed by atoms with Crippen LogP contribution in [0.3, 0.4) is 0 Å². The third kappa shape index (κ3) is 4.07. The molecule has 3 aromatic rings. The van der Waals surface area contributed by atoms with Gasteiger partial charge in [-0.25, -0.2) is 4.98 Å². The van der Waals surface area contributed by atoms with Crippen molar-refractivity contribution < 1.29 is 4.79 Å². The van der Waals surface area contributed by atoms with E-state index in [9.17, 15) is 4.79 Å². The van der Waals surface area contributed by atoms with Crippen LogP contribution in [0.1, 0.15) is 33.6 Å². The molecule has 0 atom stereocenters. The first kappa shape index (κ1) is 19.7. The number of hydrogen-bond acceptors (Lipinski definition) is 6. The molecule has 1 amide bonds. The largest absolute Gasteiger partial charge is 0.397 e. The number of piperidine rings is 1. The Balaban J connectivity index is 1.80. The smallest absolute Gasteiger partial charge is 0.260 e. The zero-order chi connectivity index (χ0) is 20.5. The van der Waals surface area contributed by atoms with E-state index in [1.54, 1.807) is 0 Å². The summed E-state index contributed by atoms with van der Waals surface area (Å²) in [6.07, 6.45) is 5.83. The third-order valence-corrected chi connectivity index (χ3v) is 6.49. The number of nitrogen functional groups attached to an aromatic ring is 1. The van der Waals surface area contributed by atoms with E-state index < -0.39 is 5.91 Å². The lowest BCUT2D eigenvalue weighted by molar-refractivity contribution is 0.100. The summed E-state index contributed by atoms with van der Waals surface area (Å²) in [5.74, 6) is 0.320. The van der Waals surface area contributed by atoms with Gasteiger partial charge in [-0.15, -0.1) is 11.3 Å². The topological polar surface area (TPSA) is 111 Å². The molecule has 8 heteroatoms. The summed E-state index contributed by atoms with van der Waals surface area (Å²) in [7, 11) is 0. The summed E-state index contributed by atoms with van der Waals surface area (Å²) in [6.45, 7) is 1.70. The lowest BCUT2D eigenvalue weighted by Crippen LogP contribution is -2.40. The zero-order valence-corrected chi connectivity index (χ0v) is 17.3. The number of carbonyl (C=O) groups excluding carboxylic acids is 1. The van der Waals surface area contributed by atoms with Gasteiger partial charge in [0.15, 0.2) is 0 Å². The number of fused-ring (bicyclic) bond motifs is 1. The minimum Gasteiger partial charge on any atom is -0.397 e. The van der Waals surface area contributed by atoms with Crippen molar-refractivity contribution in [3.8, 4) is 0 Å². The van der Waals surface area contributed by atoms with Crippen LogP contribution in [-0.4, -0.2) is 30.0 Å². The van der Waals surface area contributed by atoms with Crippen molar-refractivity contribution >= 4 is 62.7 Å². The molecule has 150 valence electrons. The van der Waals surface area contributed by atoms with Crippen molar-refractivity contribution in [1.82, 2.24) is 4.98 Å². The molecule has 1 aromatic carbocycles. The first-order valence-corrected chi connectivity index (χ1v) is 10.6. The predicted octanol–water partition coefficient (Wildman–Crippen LogP) is 3.73. The molecule has 0 radical (unpaired) electrons. The van der Waals surface area contributed by atoms with Crippen LogP contribution in [0, 0.1) is 0 Å². The number of pyridine rings is 1. The van der Waals surface area contributed by atoms with E-state index in [1.165, 1.54) is 11.3 Å². The lowest BCUT2D eigenvalue weighted by atomic mass is 10.0. The Morgan fingerprint density at radius 3 is 2.55 bits per heavy atom. The molecule has 3 heterocycles. The Morgan fingerprint density at radius 1 is 1.21 bits per heavy atom. The van der Waals surface area contributed by atoms with Gasteiger partial charge in [-0.1, -0.05) is 35.9 Å². The van der Waals surface area contributed by atoms with Gasteiger partial charge in [-0.3, -0.25) is 4.79 Å². The van der Waals surface area contributed by atoms with E-state index in [-0.39, 0.29) is 6.04 Å². The first-order chi connectivity index (χ1) is 13.9. The zero-order valence-electron chi connectivity index (χ0n) is 15.8. The van der Waals surface area contributed by atoms with Crippen molar-refractivity contribution in [2.24, 2.45) is 11.5 Å². The molecule has 0 unspecified atom stereocenters. The highest BCUT2D eigenvalue weighted by Gasteiger charge is 2.22. The molecule has 2 aromatic heterocycles. The monoisotopic (exact) mass is 427 g/mol. The predicted molar refractivity (Wildman–Crippen MR) is 122 cm³/mol. The van der Waals surface area contributed by atoms with Gasteiger partial charge >= 0.3 is 0 Å². The summed E-state index contributed by atoms with van der Waals surface area (Å²) < 4.78 is 0. The van der Waals surface area contributed by atoms with Gasteiger partial charge in [-0.05, 0) is 42.2 Å². The fourth-order valence-electron chi connectivity index (χ4n) is 3.50. The quantitative estimate of drug-likeness (QED) is 0.587. The van der Waals surface area contributed by atoms with Crippen LogP contribution in [0.5, 0.6) is 0 Å². The number of rotatable bonds is 4. The van der Waals surface area contributed by atoms with Crippen LogP contribution in [0.25, 0.3) is 22.4 Å². The highest BCUT2D eigenvalue weighted by Crippen LogP contribution is 2.37. The molecule has 1 fully saturated rings. The normalized spacial score (nSPS) is 15.4. The molecule has 0 saturated carbocycles. The molecule has 1 aliphatic rings. The van der Waals surface area contributed by atoms with Gasteiger partial charge < -0.3 is 22.1 Å². The Hall–Kier alpha value is -2.61. The number of primary amides is 1. The number of nitrogens with zero attached hydrogens (tertiary/aromatic N) is 2. The second-order valence-corrected chi connectivity index (χ2v) is 8.60. The SMILES string of the molecule is NC(=O)c1sc2nc(N3CCC(N)CC3)cc(/C=C/c3ccc(Cl)cc3)c2c1N. The van der Waals surface area contributed by atoms with Gasteiger partial charge in [0, 0.05) is 29.5 Å². The van der Waals surface area contributed by atoms with Crippen LogP contribution in [0.4, 0.5) is 11.5 Å². The van der Waals surface area contributed by atoms with Crippen LogP contribution < -0.4 is 22.1 Å². The van der Waals surface area contributed by atoms with Gasteiger partial charge in [0.2, 0.25) is 0 Å². The van der Waals surface area contributed by atoms with Crippen LogP contribution in [0.15, 0.2) is 30.3 Å². The fraction of sp³-hybridized carbons (Fsp3) is 0.238. The number of amides is 1. The molecular formula is C21H22ClN5OS.